The SMILES string of the molecule is C[C@H](C(=O)Nc1cccnc1-c1ccc(Cl)s1)n1cncn1. The number of pyridine rings is 1. The summed E-state index contributed by atoms with van der Waals surface area (Å²) in [6, 6.07) is 6.80. The number of rotatable bonds is 4. The predicted octanol–water partition coefficient (Wildman–Crippen LogP) is 3.25. The molecule has 8 heteroatoms. The molecule has 0 aliphatic rings. The van der Waals surface area contributed by atoms with Crippen LogP contribution in [-0.2, 0) is 4.79 Å². The van der Waals surface area contributed by atoms with Gasteiger partial charge in [-0.2, -0.15) is 5.10 Å². The largest absolute Gasteiger partial charge is 0.322 e. The summed E-state index contributed by atoms with van der Waals surface area (Å²) < 4.78 is 2.17. The third-order valence-corrected chi connectivity index (χ3v) is 4.32. The zero-order valence-corrected chi connectivity index (χ0v) is 13.2. The molecule has 3 aromatic heterocycles. The van der Waals surface area contributed by atoms with E-state index in [9.17, 15) is 4.79 Å². The second-order valence-corrected chi connectivity index (χ2v) is 6.26. The van der Waals surface area contributed by atoms with Gasteiger partial charge in [-0.25, -0.2) is 9.67 Å². The van der Waals surface area contributed by atoms with Gasteiger partial charge in [0.15, 0.2) is 0 Å². The standard InChI is InChI=1S/C14H12ClN5OS/c1-9(20-8-16-7-18-20)14(21)19-10-3-2-6-17-13(10)11-4-5-12(15)22-11/h2-9H,1H3,(H,19,21)/t9-/m1/s1. The molecule has 0 bridgehead atoms. The van der Waals surface area contributed by atoms with Gasteiger partial charge in [0.25, 0.3) is 0 Å². The molecular formula is C14H12ClN5OS. The maximum Gasteiger partial charge on any atom is 0.249 e. The molecule has 3 rings (SSSR count). The van der Waals surface area contributed by atoms with Gasteiger partial charge in [-0.3, -0.25) is 9.78 Å². The molecule has 22 heavy (non-hydrogen) atoms. The third kappa shape index (κ3) is 3.00. The number of aromatic nitrogens is 4. The lowest BCUT2D eigenvalue weighted by Gasteiger charge is -2.13. The van der Waals surface area contributed by atoms with E-state index >= 15 is 0 Å². The smallest absolute Gasteiger partial charge is 0.249 e. The molecule has 1 atom stereocenters. The van der Waals surface area contributed by atoms with Crippen molar-refractivity contribution in [2.45, 2.75) is 13.0 Å². The first kappa shape index (κ1) is 14.7. The molecular weight excluding hydrogens is 322 g/mol. The molecule has 0 unspecified atom stereocenters. The summed E-state index contributed by atoms with van der Waals surface area (Å²) in [7, 11) is 0. The van der Waals surface area contributed by atoms with Gasteiger partial charge < -0.3 is 5.32 Å². The Hall–Kier alpha value is -2.25. The maximum absolute atomic E-state index is 12.3. The number of anilines is 1. The summed E-state index contributed by atoms with van der Waals surface area (Å²) >= 11 is 7.38. The Balaban J connectivity index is 1.85. The zero-order chi connectivity index (χ0) is 15.5. The number of hydrogen-bond acceptors (Lipinski definition) is 5. The van der Waals surface area contributed by atoms with Crippen molar-refractivity contribution in [2.24, 2.45) is 0 Å². The van der Waals surface area contributed by atoms with E-state index in [2.05, 4.69) is 20.4 Å². The number of hydrogen-bond donors (Lipinski definition) is 1. The fraction of sp³-hybridized carbons (Fsp3) is 0.143. The Labute approximate surface area is 135 Å². The summed E-state index contributed by atoms with van der Waals surface area (Å²) in [6.45, 7) is 1.75. The highest BCUT2D eigenvalue weighted by Gasteiger charge is 2.18. The molecule has 3 heterocycles. The van der Waals surface area contributed by atoms with E-state index in [1.54, 1.807) is 25.3 Å². The first-order chi connectivity index (χ1) is 10.6. The maximum atomic E-state index is 12.3. The van der Waals surface area contributed by atoms with Crippen LogP contribution in [0.4, 0.5) is 5.69 Å². The van der Waals surface area contributed by atoms with Gasteiger partial charge in [0.05, 0.1) is 14.9 Å². The first-order valence-corrected chi connectivity index (χ1v) is 7.70. The highest BCUT2D eigenvalue weighted by molar-refractivity contribution is 7.19. The molecule has 112 valence electrons. The topological polar surface area (TPSA) is 72.7 Å². The van der Waals surface area contributed by atoms with Crippen molar-refractivity contribution in [1.82, 2.24) is 19.7 Å². The Bertz CT molecular complexity index is 786. The van der Waals surface area contributed by atoms with E-state index < -0.39 is 6.04 Å². The van der Waals surface area contributed by atoms with Crippen LogP contribution in [0, 0.1) is 0 Å². The van der Waals surface area contributed by atoms with Crippen LogP contribution < -0.4 is 5.32 Å². The molecule has 0 saturated heterocycles. The highest BCUT2D eigenvalue weighted by atomic mass is 35.5. The van der Waals surface area contributed by atoms with Crippen LogP contribution in [0.2, 0.25) is 4.34 Å². The molecule has 0 aliphatic carbocycles. The number of carbonyl (C=O) groups is 1. The summed E-state index contributed by atoms with van der Waals surface area (Å²) in [4.78, 5) is 21.4. The van der Waals surface area contributed by atoms with E-state index in [0.29, 0.717) is 15.7 Å². The molecule has 1 N–H and O–H groups in total. The lowest BCUT2D eigenvalue weighted by Crippen LogP contribution is -2.24. The monoisotopic (exact) mass is 333 g/mol. The van der Waals surface area contributed by atoms with Crippen molar-refractivity contribution in [1.29, 1.82) is 0 Å². The van der Waals surface area contributed by atoms with Crippen LogP contribution in [0.25, 0.3) is 10.6 Å². The molecule has 0 saturated carbocycles. The van der Waals surface area contributed by atoms with Gasteiger partial charge in [-0.05, 0) is 31.2 Å². The molecule has 0 radical (unpaired) electrons. The zero-order valence-electron chi connectivity index (χ0n) is 11.6. The highest BCUT2D eigenvalue weighted by Crippen LogP contribution is 2.34. The Morgan fingerprint density at radius 2 is 2.27 bits per heavy atom. The molecule has 0 fully saturated rings. The molecule has 0 aliphatic heterocycles. The van der Waals surface area contributed by atoms with Crippen LogP contribution in [0.3, 0.4) is 0 Å². The van der Waals surface area contributed by atoms with Gasteiger partial charge in [0, 0.05) is 6.20 Å². The molecule has 6 nitrogen and oxygen atoms in total. The third-order valence-electron chi connectivity index (χ3n) is 3.09. The fourth-order valence-corrected chi connectivity index (χ4v) is 2.97. The van der Waals surface area contributed by atoms with Gasteiger partial charge in [0.1, 0.15) is 24.4 Å². The van der Waals surface area contributed by atoms with Crippen molar-refractivity contribution in [3.63, 3.8) is 0 Å². The van der Waals surface area contributed by atoms with Crippen molar-refractivity contribution >= 4 is 34.5 Å². The quantitative estimate of drug-likeness (QED) is 0.795. The Morgan fingerprint density at radius 1 is 1.41 bits per heavy atom. The summed E-state index contributed by atoms with van der Waals surface area (Å²) in [5, 5.41) is 6.86. The minimum Gasteiger partial charge on any atom is -0.322 e. The second kappa shape index (κ2) is 6.25. The van der Waals surface area contributed by atoms with Crippen LogP contribution in [-0.4, -0.2) is 25.7 Å². The lowest BCUT2D eigenvalue weighted by atomic mass is 10.2. The normalized spacial score (nSPS) is 12.1. The molecule has 1 amide bonds. The van der Waals surface area contributed by atoms with Crippen LogP contribution >= 0.6 is 22.9 Å². The second-order valence-electron chi connectivity index (χ2n) is 4.54. The van der Waals surface area contributed by atoms with Crippen molar-refractivity contribution in [3.8, 4) is 10.6 Å². The predicted molar refractivity (Wildman–Crippen MR) is 85.9 cm³/mol. The number of thiophene rings is 1. The van der Waals surface area contributed by atoms with E-state index in [-0.39, 0.29) is 5.91 Å². The van der Waals surface area contributed by atoms with Gasteiger partial charge in [0.2, 0.25) is 5.91 Å². The van der Waals surface area contributed by atoms with Crippen molar-refractivity contribution < 1.29 is 4.79 Å². The molecule has 0 aromatic carbocycles. The van der Waals surface area contributed by atoms with E-state index in [4.69, 9.17) is 11.6 Å². The van der Waals surface area contributed by atoms with Crippen molar-refractivity contribution in [2.75, 3.05) is 5.32 Å². The molecule has 3 aromatic rings. The van der Waals surface area contributed by atoms with E-state index in [1.807, 2.05) is 12.1 Å². The summed E-state index contributed by atoms with van der Waals surface area (Å²) in [6.07, 6.45) is 4.58. The minimum absolute atomic E-state index is 0.192. The van der Waals surface area contributed by atoms with Crippen LogP contribution in [0.5, 0.6) is 0 Å². The average molecular weight is 334 g/mol. The number of halogens is 1. The van der Waals surface area contributed by atoms with Crippen molar-refractivity contribution in [3.05, 3.63) is 47.5 Å². The van der Waals surface area contributed by atoms with Crippen LogP contribution in [0.15, 0.2) is 43.1 Å². The minimum atomic E-state index is -0.470. The van der Waals surface area contributed by atoms with Gasteiger partial charge in [-0.1, -0.05) is 11.6 Å². The van der Waals surface area contributed by atoms with E-state index in [1.165, 1.54) is 28.7 Å². The molecule has 0 spiro atoms. The summed E-state index contributed by atoms with van der Waals surface area (Å²) in [5.74, 6) is -0.192. The average Bonchev–Trinajstić information content (AvgIpc) is 3.18. The summed E-state index contributed by atoms with van der Waals surface area (Å²) in [5.41, 5.74) is 1.33. The Kier molecular flexibility index (Phi) is 4.17. The first-order valence-electron chi connectivity index (χ1n) is 6.51. The lowest BCUT2D eigenvalue weighted by molar-refractivity contribution is -0.119. The Morgan fingerprint density at radius 3 is 2.95 bits per heavy atom. The van der Waals surface area contributed by atoms with Crippen LogP contribution in [0.1, 0.15) is 13.0 Å². The van der Waals surface area contributed by atoms with Gasteiger partial charge in [-0.15, -0.1) is 11.3 Å². The number of amides is 1. The fourth-order valence-electron chi connectivity index (χ4n) is 1.92. The number of nitrogens with zero attached hydrogens (tertiary/aromatic N) is 4. The van der Waals surface area contributed by atoms with E-state index in [0.717, 1.165) is 4.88 Å². The number of carbonyl (C=O) groups excluding carboxylic acids is 1. The number of nitrogens with one attached hydrogen (secondary N) is 1. The van der Waals surface area contributed by atoms with Gasteiger partial charge >= 0.3 is 0 Å².